The molecule has 1 aromatic carbocycles. The van der Waals surface area contributed by atoms with Crippen LogP contribution >= 0.6 is 0 Å². The molecule has 0 atom stereocenters. The predicted octanol–water partition coefficient (Wildman–Crippen LogP) is 4.41. The molecule has 5 rings (SSSR count). The first-order valence-electron chi connectivity index (χ1n) is 10.3. The third kappa shape index (κ3) is 4.14. The van der Waals surface area contributed by atoms with Crippen LogP contribution < -0.4 is 5.32 Å². The topological polar surface area (TPSA) is 59.5 Å². The summed E-state index contributed by atoms with van der Waals surface area (Å²) in [5.74, 6) is 2.06. The lowest BCUT2D eigenvalue weighted by atomic mass is 10.0. The Morgan fingerprint density at radius 1 is 1.07 bits per heavy atom. The number of rotatable bonds is 5. The van der Waals surface area contributed by atoms with Crippen molar-refractivity contribution in [3.63, 3.8) is 0 Å². The molecule has 2 aromatic rings. The summed E-state index contributed by atoms with van der Waals surface area (Å²) in [5.41, 5.74) is 4.65. The van der Waals surface area contributed by atoms with E-state index >= 15 is 0 Å². The van der Waals surface area contributed by atoms with E-state index in [1.54, 1.807) is 18.9 Å². The van der Waals surface area contributed by atoms with Crippen molar-refractivity contribution < 1.29 is 9.47 Å². The molecule has 152 valence electrons. The highest BCUT2D eigenvalue weighted by atomic mass is 16.6. The first-order valence-corrected chi connectivity index (χ1v) is 10.3. The van der Waals surface area contributed by atoms with Gasteiger partial charge in [-0.1, -0.05) is 48.6 Å². The molecule has 0 amide bonds. The van der Waals surface area contributed by atoms with Crippen molar-refractivity contribution in [2.75, 3.05) is 11.9 Å². The molecule has 3 aliphatic rings. The molecule has 6 nitrogen and oxygen atoms in total. The molecule has 1 aromatic heterocycles. The normalized spacial score (nSPS) is 18.3. The highest BCUT2D eigenvalue weighted by Crippen LogP contribution is 2.29. The van der Waals surface area contributed by atoms with Crippen molar-refractivity contribution in [1.29, 1.82) is 0 Å². The lowest BCUT2D eigenvalue weighted by Gasteiger charge is -2.29. The first-order chi connectivity index (χ1) is 14.8. The summed E-state index contributed by atoms with van der Waals surface area (Å²) >= 11 is 0. The van der Waals surface area contributed by atoms with Crippen LogP contribution in [0.5, 0.6) is 0 Å². The van der Waals surface area contributed by atoms with Crippen molar-refractivity contribution in [3.8, 4) is 0 Å². The van der Waals surface area contributed by atoms with E-state index in [4.69, 9.17) is 9.47 Å². The van der Waals surface area contributed by atoms with E-state index in [9.17, 15) is 0 Å². The van der Waals surface area contributed by atoms with Gasteiger partial charge in [-0.25, -0.2) is 9.97 Å². The van der Waals surface area contributed by atoms with E-state index in [1.165, 1.54) is 5.56 Å². The molecule has 0 spiro atoms. The molecule has 0 bridgehead atoms. The molecular formula is C24H24N4O2. The van der Waals surface area contributed by atoms with Gasteiger partial charge in [0, 0.05) is 25.2 Å². The Morgan fingerprint density at radius 3 is 2.87 bits per heavy atom. The fraction of sp³-hybridized carbons (Fsp3) is 0.250. The fourth-order valence-corrected chi connectivity index (χ4v) is 3.94. The first kappa shape index (κ1) is 18.6. The Kier molecular flexibility index (Phi) is 5.31. The van der Waals surface area contributed by atoms with Crippen LogP contribution in [0.25, 0.3) is 0 Å². The molecule has 0 unspecified atom stereocenters. The van der Waals surface area contributed by atoms with Crippen LogP contribution in [0.2, 0.25) is 0 Å². The van der Waals surface area contributed by atoms with Crippen molar-refractivity contribution in [1.82, 2.24) is 14.9 Å². The highest BCUT2D eigenvalue weighted by Gasteiger charge is 2.23. The van der Waals surface area contributed by atoms with Crippen LogP contribution in [0.1, 0.15) is 29.7 Å². The smallest absolute Gasteiger partial charge is 0.234 e. The average Bonchev–Trinajstić information content (AvgIpc) is 2.81. The summed E-state index contributed by atoms with van der Waals surface area (Å²) in [7, 11) is 0. The van der Waals surface area contributed by atoms with E-state index in [0.717, 1.165) is 67.3 Å². The van der Waals surface area contributed by atoms with Gasteiger partial charge in [0.15, 0.2) is 12.0 Å². The van der Waals surface area contributed by atoms with Gasteiger partial charge in [-0.3, -0.25) is 4.90 Å². The average molecular weight is 400 g/mol. The molecule has 1 N–H and O–H groups in total. The van der Waals surface area contributed by atoms with E-state index in [0.29, 0.717) is 5.88 Å². The van der Waals surface area contributed by atoms with Gasteiger partial charge in [0.25, 0.3) is 0 Å². The van der Waals surface area contributed by atoms with Crippen LogP contribution in [-0.4, -0.2) is 21.4 Å². The summed E-state index contributed by atoms with van der Waals surface area (Å²) in [6.07, 6.45) is 13.9. The second-order valence-corrected chi connectivity index (χ2v) is 7.58. The minimum atomic E-state index is 0.538. The Labute approximate surface area is 176 Å². The number of fused-ring (bicyclic) bond motifs is 1. The lowest BCUT2D eigenvalue weighted by molar-refractivity contribution is 0.232. The van der Waals surface area contributed by atoms with E-state index < -0.39 is 0 Å². The van der Waals surface area contributed by atoms with Crippen LogP contribution in [0.3, 0.4) is 0 Å². The second-order valence-electron chi connectivity index (χ2n) is 7.58. The fourth-order valence-electron chi connectivity index (χ4n) is 3.94. The number of allylic oxidation sites excluding steroid dienone is 4. The third-order valence-corrected chi connectivity index (χ3v) is 5.48. The minimum Gasteiger partial charge on any atom is -0.463 e. The van der Waals surface area contributed by atoms with Gasteiger partial charge < -0.3 is 14.8 Å². The molecule has 1 aliphatic carbocycles. The number of nitrogens with zero attached hydrogens (tertiary/aromatic N) is 3. The standard InChI is InChI=1S/C24H24N4O2/c1-3-7-18(8-4-1)13-28-12-11-20-21(14-28)25-17-26-24(20)27-23-16-29-15-22(30-23)19-9-5-2-6-10-19/h1-5,7-9,15-17H,6,10-14H2,(H,25,26,27). The Bertz CT molecular complexity index is 1040. The van der Waals surface area contributed by atoms with Crippen LogP contribution in [0.4, 0.5) is 5.82 Å². The summed E-state index contributed by atoms with van der Waals surface area (Å²) in [4.78, 5) is 11.4. The van der Waals surface area contributed by atoms with Crippen molar-refractivity contribution >= 4 is 5.82 Å². The van der Waals surface area contributed by atoms with Gasteiger partial charge in [0.1, 0.15) is 18.4 Å². The maximum atomic E-state index is 6.03. The zero-order valence-corrected chi connectivity index (χ0v) is 16.8. The van der Waals surface area contributed by atoms with Gasteiger partial charge in [-0.05, 0) is 30.4 Å². The lowest BCUT2D eigenvalue weighted by Crippen LogP contribution is -2.31. The number of hydrogen-bond acceptors (Lipinski definition) is 6. The zero-order chi connectivity index (χ0) is 20.2. The molecule has 0 fully saturated rings. The predicted molar refractivity (Wildman–Crippen MR) is 115 cm³/mol. The number of hydrogen-bond donors (Lipinski definition) is 1. The van der Waals surface area contributed by atoms with Crippen LogP contribution in [0.15, 0.2) is 84.6 Å². The quantitative estimate of drug-likeness (QED) is 0.802. The summed E-state index contributed by atoms with van der Waals surface area (Å²) in [6.45, 7) is 2.69. The maximum absolute atomic E-state index is 6.03. The summed E-state index contributed by atoms with van der Waals surface area (Å²) in [6, 6.07) is 10.5. The van der Waals surface area contributed by atoms with E-state index in [2.05, 4.69) is 62.7 Å². The van der Waals surface area contributed by atoms with Gasteiger partial charge in [-0.2, -0.15) is 0 Å². The number of anilines is 1. The second kappa shape index (κ2) is 8.55. The van der Waals surface area contributed by atoms with Crippen LogP contribution in [-0.2, 0) is 29.0 Å². The van der Waals surface area contributed by atoms with Crippen molar-refractivity contribution in [2.24, 2.45) is 0 Å². The number of nitrogens with one attached hydrogen (secondary N) is 1. The molecule has 6 heteroatoms. The van der Waals surface area contributed by atoms with Gasteiger partial charge >= 0.3 is 0 Å². The van der Waals surface area contributed by atoms with Crippen LogP contribution in [0, 0.1) is 0 Å². The molecule has 3 heterocycles. The summed E-state index contributed by atoms with van der Waals surface area (Å²) in [5, 5.41) is 3.30. The maximum Gasteiger partial charge on any atom is 0.234 e. The van der Waals surface area contributed by atoms with Crippen molar-refractivity contribution in [3.05, 3.63) is 101 Å². The van der Waals surface area contributed by atoms with Gasteiger partial charge in [0.05, 0.1) is 5.69 Å². The van der Waals surface area contributed by atoms with Gasteiger partial charge in [0.2, 0.25) is 5.88 Å². The van der Waals surface area contributed by atoms with Gasteiger partial charge in [-0.15, -0.1) is 0 Å². The Morgan fingerprint density at radius 2 is 2.00 bits per heavy atom. The Balaban J connectivity index is 1.27. The van der Waals surface area contributed by atoms with Crippen molar-refractivity contribution in [2.45, 2.75) is 32.4 Å². The molecule has 0 saturated heterocycles. The monoisotopic (exact) mass is 400 g/mol. The zero-order valence-electron chi connectivity index (χ0n) is 16.8. The van der Waals surface area contributed by atoms with E-state index in [-0.39, 0.29) is 0 Å². The number of ether oxygens (including phenoxy) is 2. The third-order valence-electron chi connectivity index (χ3n) is 5.48. The molecule has 2 aliphatic heterocycles. The summed E-state index contributed by atoms with van der Waals surface area (Å²) < 4.78 is 11.6. The largest absolute Gasteiger partial charge is 0.463 e. The number of benzene rings is 1. The SMILES string of the molecule is C1=CCCC(C2=COC=C(Nc3ncnc4c3CCN(Cc3ccccc3)C4)O2)=C1. The minimum absolute atomic E-state index is 0.538. The number of aromatic nitrogens is 2. The highest BCUT2D eigenvalue weighted by molar-refractivity contribution is 5.50. The molecule has 0 saturated carbocycles. The van der Waals surface area contributed by atoms with E-state index in [1.807, 2.05) is 6.07 Å². The Hall–Kier alpha value is -3.38. The molecular weight excluding hydrogens is 376 g/mol. The molecule has 0 radical (unpaired) electrons. The molecule has 30 heavy (non-hydrogen) atoms.